The SMILES string of the molecule is Cc1ccc(N[C@]2(C(F)(F)F)N=C3SCCN3C2=O)[nH+]c1. The van der Waals surface area contributed by atoms with Crippen molar-refractivity contribution in [3.8, 4) is 0 Å². The fraction of sp³-hybridized carbons (Fsp3) is 0.417. The predicted octanol–water partition coefficient (Wildman–Crippen LogP) is 1.42. The van der Waals surface area contributed by atoms with Gasteiger partial charge in [0.25, 0.3) is 5.82 Å². The summed E-state index contributed by atoms with van der Waals surface area (Å²) in [6.45, 7) is 2.05. The molecule has 2 aliphatic rings. The maximum absolute atomic E-state index is 13.5. The Kier molecular flexibility index (Phi) is 3.12. The summed E-state index contributed by atoms with van der Waals surface area (Å²) in [4.78, 5) is 19.7. The van der Waals surface area contributed by atoms with Crippen molar-refractivity contribution >= 4 is 28.7 Å². The average Bonchev–Trinajstić information content (AvgIpc) is 2.95. The molecule has 3 heterocycles. The number of carbonyl (C=O) groups excluding carboxylic acids is 1. The first-order valence-corrected chi connectivity index (χ1v) is 7.20. The van der Waals surface area contributed by atoms with Crippen LogP contribution >= 0.6 is 11.8 Å². The molecule has 0 aromatic carbocycles. The van der Waals surface area contributed by atoms with Crippen molar-refractivity contribution in [2.24, 2.45) is 4.99 Å². The minimum Gasteiger partial charge on any atom is -0.284 e. The summed E-state index contributed by atoms with van der Waals surface area (Å²) < 4.78 is 40.5. The zero-order valence-electron chi connectivity index (χ0n) is 11.0. The van der Waals surface area contributed by atoms with Gasteiger partial charge in [-0.3, -0.25) is 9.69 Å². The third kappa shape index (κ3) is 2.15. The Morgan fingerprint density at radius 1 is 1.48 bits per heavy atom. The monoisotopic (exact) mass is 317 g/mol. The summed E-state index contributed by atoms with van der Waals surface area (Å²) in [5, 5.41) is 2.35. The van der Waals surface area contributed by atoms with Crippen LogP contribution in [-0.4, -0.2) is 40.1 Å². The third-order valence-electron chi connectivity index (χ3n) is 3.29. The minimum atomic E-state index is -4.83. The van der Waals surface area contributed by atoms with E-state index >= 15 is 0 Å². The highest BCUT2D eigenvalue weighted by Gasteiger charge is 2.70. The van der Waals surface area contributed by atoms with E-state index in [9.17, 15) is 18.0 Å². The molecule has 1 amide bonds. The number of fused-ring (bicyclic) bond motifs is 1. The number of aromatic amines is 1. The number of rotatable bonds is 2. The van der Waals surface area contributed by atoms with Crippen LogP contribution in [0.1, 0.15) is 5.56 Å². The largest absolute Gasteiger partial charge is 0.464 e. The van der Waals surface area contributed by atoms with Crippen LogP contribution in [0.5, 0.6) is 0 Å². The third-order valence-corrected chi connectivity index (χ3v) is 4.25. The van der Waals surface area contributed by atoms with E-state index in [0.717, 1.165) is 22.2 Å². The van der Waals surface area contributed by atoms with E-state index in [2.05, 4.69) is 15.3 Å². The Morgan fingerprint density at radius 2 is 2.24 bits per heavy atom. The number of aliphatic imine (C=N–C) groups is 1. The quantitative estimate of drug-likeness (QED) is 0.897. The molecule has 9 heteroatoms. The van der Waals surface area contributed by atoms with E-state index in [4.69, 9.17) is 0 Å². The first-order valence-electron chi connectivity index (χ1n) is 6.21. The van der Waals surface area contributed by atoms with Gasteiger partial charge in [0, 0.05) is 18.4 Å². The highest BCUT2D eigenvalue weighted by molar-refractivity contribution is 8.14. The van der Waals surface area contributed by atoms with Gasteiger partial charge >= 0.3 is 17.7 Å². The number of pyridine rings is 1. The molecule has 1 aromatic heterocycles. The molecule has 1 aromatic rings. The molecule has 0 bridgehead atoms. The molecule has 1 fully saturated rings. The number of amidine groups is 1. The Bertz CT molecular complexity index is 616. The second kappa shape index (κ2) is 4.62. The van der Waals surface area contributed by atoms with Gasteiger partial charge in [0.2, 0.25) is 0 Å². The highest BCUT2D eigenvalue weighted by Crippen LogP contribution is 2.42. The molecule has 1 saturated heterocycles. The molecule has 0 radical (unpaired) electrons. The summed E-state index contributed by atoms with van der Waals surface area (Å²) in [7, 11) is 0. The van der Waals surface area contributed by atoms with Crippen LogP contribution in [-0.2, 0) is 4.79 Å². The molecule has 0 spiro atoms. The Morgan fingerprint density at radius 3 is 2.81 bits per heavy atom. The van der Waals surface area contributed by atoms with Crippen LogP contribution in [0.25, 0.3) is 0 Å². The molecule has 21 heavy (non-hydrogen) atoms. The summed E-state index contributed by atoms with van der Waals surface area (Å²) in [5.41, 5.74) is -2.08. The van der Waals surface area contributed by atoms with Crippen LogP contribution in [0.15, 0.2) is 23.3 Å². The molecule has 1 atom stereocenters. The lowest BCUT2D eigenvalue weighted by atomic mass is 10.1. The summed E-state index contributed by atoms with van der Waals surface area (Å²) in [6.07, 6.45) is -3.28. The molecular weight excluding hydrogens is 305 g/mol. The van der Waals surface area contributed by atoms with Gasteiger partial charge in [-0.15, -0.1) is 0 Å². The lowest BCUT2D eigenvalue weighted by Gasteiger charge is -2.24. The van der Waals surface area contributed by atoms with Crippen molar-refractivity contribution in [2.75, 3.05) is 17.6 Å². The molecular formula is C12H12F3N4OS+. The Balaban J connectivity index is 2.01. The standard InChI is InChI=1S/C12H11F3N4OS/c1-7-2-3-8(16-6-7)17-11(12(13,14)15)9(20)19-4-5-21-10(19)18-11/h2-3,6H,4-5H2,1H3,(H,16,17)/p+1/t11-/m0/s1. The number of nitrogens with one attached hydrogen (secondary N) is 2. The molecule has 2 aliphatic heterocycles. The van der Waals surface area contributed by atoms with Crippen molar-refractivity contribution in [1.82, 2.24) is 4.90 Å². The number of thioether (sulfide) groups is 1. The van der Waals surface area contributed by atoms with E-state index in [1.807, 2.05) is 0 Å². The maximum atomic E-state index is 13.5. The summed E-state index contributed by atoms with van der Waals surface area (Å²) >= 11 is 1.15. The van der Waals surface area contributed by atoms with Crippen LogP contribution in [0.3, 0.4) is 0 Å². The number of anilines is 1. The topological polar surface area (TPSA) is 58.8 Å². The van der Waals surface area contributed by atoms with Gasteiger partial charge in [0.15, 0.2) is 5.17 Å². The number of alkyl halides is 3. The second-order valence-electron chi connectivity index (χ2n) is 4.81. The molecule has 0 unspecified atom stereocenters. The molecule has 5 nitrogen and oxygen atoms in total. The van der Waals surface area contributed by atoms with E-state index in [-0.39, 0.29) is 17.5 Å². The summed E-state index contributed by atoms with van der Waals surface area (Å²) in [6, 6.07) is 3.10. The lowest BCUT2D eigenvalue weighted by molar-refractivity contribution is -0.363. The van der Waals surface area contributed by atoms with Crippen molar-refractivity contribution in [1.29, 1.82) is 0 Å². The lowest BCUT2D eigenvalue weighted by Crippen LogP contribution is -2.58. The van der Waals surface area contributed by atoms with E-state index in [1.165, 1.54) is 6.07 Å². The van der Waals surface area contributed by atoms with Gasteiger partial charge in [0.1, 0.15) is 0 Å². The van der Waals surface area contributed by atoms with Crippen LogP contribution in [0.2, 0.25) is 0 Å². The number of aromatic nitrogens is 1. The van der Waals surface area contributed by atoms with Gasteiger partial charge in [-0.2, -0.15) is 18.2 Å². The van der Waals surface area contributed by atoms with Gasteiger partial charge in [-0.1, -0.05) is 11.8 Å². The van der Waals surface area contributed by atoms with Crippen molar-refractivity contribution in [3.63, 3.8) is 0 Å². The number of hydrogen-bond donors (Lipinski definition) is 1. The number of carbonyl (C=O) groups is 1. The van der Waals surface area contributed by atoms with Crippen LogP contribution in [0, 0.1) is 6.92 Å². The van der Waals surface area contributed by atoms with E-state index in [1.54, 1.807) is 19.2 Å². The van der Waals surface area contributed by atoms with Crippen molar-refractivity contribution in [2.45, 2.75) is 18.8 Å². The summed E-state index contributed by atoms with van der Waals surface area (Å²) in [5.74, 6) is -0.430. The van der Waals surface area contributed by atoms with Crippen LogP contribution < -0.4 is 10.3 Å². The van der Waals surface area contributed by atoms with Crippen molar-refractivity contribution < 1.29 is 22.9 Å². The van der Waals surface area contributed by atoms with E-state index in [0.29, 0.717) is 5.75 Å². The van der Waals surface area contributed by atoms with Gasteiger partial charge < -0.3 is 0 Å². The number of halogens is 3. The molecule has 0 aliphatic carbocycles. The number of H-pyrrole nitrogens is 1. The maximum Gasteiger partial charge on any atom is 0.464 e. The fourth-order valence-corrected chi connectivity index (χ4v) is 3.17. The first kappa shape index (κ1) is 14.2. The number of aryl methyl sites for hydroxylation is 1. The fourth-order valence-electron chi connectivity index (χ4n) is 2.18. The minimum absolute atomic E-state index is 0.0850. The van der Waals surface area contributed by atoms with Crippen molar-refractivity contribution in [3.05, 3.63) is 23.9 Å². The first-order chi connectivity index (χ1) is 9.83. The number of nitrogens with zero attached hydrogens (tertiary/aromatic N) is 2. The highest BCUT2D eigenvalue weighted by atomic mass is 32.2. The predicted molar refractivity (Wildman–Crippen MR) is 71.7 cm³/mol. The Labute approximate surface area is 122 Å². The van der Waals surface area contributed by atoms with Crippen LogP contribution in [0.4, 0.5) is 19.0 Å². The zero-order valence-corrected chi connectivity index (χ0v) is 11.8. The molecule has 3 rings (SSSR count). The normalized spacial score (nSPS) is 25.0. The molecule has 112 valence electrons. The smallest absolute Gasteiger partial charge is 0.284 e. The second-order valence-corrected chi connectivity index (χ2v) is 5.87. The molecule has 2 N–H and O–H groups in total. The molecule has 0 saturated carbocycles. The zero-order chi connectivity index (χ0) is 15.3. The Hall–Kier alpha value is -1.77. The van der Waals surface area contributed by atoms with Gasteiger partial charge in [0.05, 0.1) is 6.20 Å². The van der Waals surface area contributed by atoms with E-state index < -0.39 is 17.7 Å². The van der Waals surface area contributed by atoms with Gasteiger partial charge in [-0.25, -0.2) is 10.3 Å². The average molecular weight is 317 g/mol. The number of amides is 1. The van der Waals surface area contributed by atoms with Gasteiger partial charge in [-0.05, 0) is 18.6 Å². The number of hydrogen-bond acceptors (Lipinski definition) is 4.